The van der Waals surface area contributed by atoms with Crippen LogP contribution in [0.25, 0.3) is 33.1 Å². The monoisotopic (exact) mass is 683 g/mol. The van der Waals surface area contributed by atoms with Gasteiger partial charge in [-0.3, -0.25) is 4.79 Å². The zero-order chi connectivity index (χ0) is 34.8. The van der Waals surface area contributed by atoms with E-state index in [-0.39, 0.29) is 52.4 Å². The highest BCUT2D eigenvalue weighted by Crippen LogP contribution is 2.42. The number of hydrogen-bond acceptors (Lipinski definition) is 9. The van der Waals surface area contributed by atoms with Crippen LogP contribution in [0.3, 0.4) is 0 Å². The van der Waals surface area contributed by atoms with Gasteiger partial charge in [-0.1, -0.05) is 35.0 Å². The molecule has 13 heteroatoms. The minimum absolute atomic E-state index is 0.0548. The summed E-state index contributed by atoms with van der Waals surface area (Å²) in [5, 5.41) is 29.0. The number of likely N-dealkylation sites (N-methyl/N-ethyl adjacent to an activating group) is 2. The lowest BCUT2D eigenvalue weighted by molar-refractivity contribution is -0.130. The number of nitriles is 2. The van der Waals surface area contributed by atoms with Crippen LogP contribution in [0.2, 0.25) is 5.02 Å². The van der Waals surface area contributed by atoms with E-state index in [0.717, 1.165) is 19.4 Å². The van der Waals surface area contributed by atoms with Gasteiger partial charge in [0.2, 0.25) is 11.8 Å². The average Bonchev–Trinajstić information content (AvgIpc) is 3.71. The fraction of sp³-hybridized carbons (Fsp3) is 0.444. The van der Waals surface area contributed by atoms with Crippen molar-refractivity contribution >= 4 is 39.4 Å². The van der Waals surface area contributed by atoms with E-state index in [1.807, 2.05) is 25.1 Å². The molecule has 2 saturated heterocycles. The first-order chi connectivity index (χ1) is 23.6. The number of carbonyl (C=O) groups is 1. The zero-order valence-electron chi connectivity index (χ0n) is 28.2. The second kappa shape index (κ2) is 14.5. The number of likely N-dealkylation sites (tertiary alicyclic amines) is 2. The molecule has 0 spiro atoms. The molecule has 0 bridgehead atoms. The van der Waals surface area contributed by atoms with E-state index in [9.17, 15) is 15.3 Å². The van der Waals surface area contributed by atoms with Crippen LogP contribution in [0, 0.1) is 35.4 Å². The quantitative estimate of drug-likeness (QED) is 0.206. The Morgan fingerprint density at radius 1 is 1.20 bits per heavy atom. The Balaban J connectivity index is 1.46. The van der Waals surface area contributed by atoms with Gasteiger partial charge >= 0.3 is 0 Å². The Morgan fingerprint density at radius 3 is 2.73 bits per heavy atom. The smallest absolute Gasteiger partial charge is 0.246 e. The molecule has 6 rings (SSSR count). The summed E-state index contributed by atoms with van der Waals surface area (Å²) in [6.45, 7) is 4.14. The van der Waals surface area contributed by atoms with Gasteiger partial charge in [-0.05, 0) is 83.6 Å². The summed E-state index contributed by atoms with van der Waals surface area (Å²) in [6.07, 6.45) is 6.59. The first-order valence-corrected chi connectivity index (χ1v) is 16.9. The van der Waals surface area contributed by atoms with Gasteiger partial charge in [-0.2, -0.15) is 10.5 Å². The van der Waals surface area contributed by atoms with E-state index in [1.165, 1.54) is 0 Å². The van der Waals surface area contributed by atoms with Gasteiger partial charge in [0.15, 0.2) is 11.3 Å². The highest BCUT2D eigenvalue weighted by molar-refractivity contribution is 6.34. The highest BCUT2D eigenvalue weighted by atomic mass is 35.5. The molecule has 2 aromatic carbocycles. The molecule has 2 fully saturated rings. The Bertz CT molecular complexity index is 2010. The van der Waals surface area contributed by atoms with Gasteiger partial charge in [0.1, 0.15) is 17.6 Å². The summed E-state index contributed by atoms with van der Waals surface area (Å²) in [5.74, 6) is -0.593. The first-order valence-electron chi connectivity index (χ1n) is 16.5. The van der Waals surface area contributed by atoms with Gasteiger partial charge in [-0.25, -0.2) is 14.1 Å². The van der Waals surface area contributed by atoms with Crippen LogP contribution in [0.1, 0.15) is 49.3 Å². The highest BCUT2D eigenvalue weighted by Gasteiger charge is 2.34. The van der Waals surface area contributed by atoms with E-state index in [2.05, 4.69) is 34.4 Å². The van der Waals surface area contributed by atoms with Crippen molar-refractivity contribution in [2.45, 2.75) is 57.2 Å². The first kappa shape index (κ1) is 34.3. The summed E-state index contributed by atoms with van der Waals surface area (Å²) < 4.78 is 24.9. The van der Waals surface area contributed by atoms with Crippen LogP contribution in [0.4, 0.5) is 4.39 Å². The minimum Gasteiger partial charge on any atom is -0.474 e. The third-order valence-corrected chi connectivity index (χ3v) is 10.0. The van der Waals surface area contributed by atoms with E-state index >= 15 is 4.39 Å². The minimum atomic E-state index is -0.634. The molecule has 1 amide bonds. The van der Waals surface area contributed by atoms with Crippen molar-refractivity contribution in [1.29, 1.82) is 10.5 Å². The topological polar surface area (TPSA) is 127 Å². The molecular weight excluding hydrogens is 645 g/mol. The molecule has 0 saturated carbocycles. The number of rotatable bonds is 9. The van der Waals surface area contributed by atoms with E-state index < -0.39 is 5.82 Å². The standard InChI is InChI=1S/C36H39ClFN9O2/c1-22-23(20-40)8-5-10-27(22)31-29(37)19-28-33(32(31)38)41-36(49-21-26-9-6-16-45(26)4)34-35(28)47(43-42-34)25-13-17-46(24(18-25)12-14-39)30(48)11-7-15-44(2)3/h5,7-8,10-11,19,24-26H,6,9,12-13,15-18,21H2,1-4H3/b11-7+/t24-,25+,26+/m1/s1. The molecule has 3 atom stereocenters. The molecule has 11 nitrogen and oxygen atoms in total. The Hall–Kier alpha value is -4.62. The number of aromatic nitrogens is 4. The van der Waals surface area contributed by atoms with Crippen molar-refractivity contribution in [3.05, 3.63) is 58.4 Å². The average molecular weight is 684 g/mol. The van der Waals surface area contributed by atoms with Gasteiger partial charge in [0.05, 0.1) is 35.2 Å². The normalized spacial score (nSPS) is 20.0. The maximum Gasteiger partial charge on any atom is 0.246 e. The fourth-order valence-electron chi connectivity index (χ4n) is 7.04. The van der Waals surface area contributed by atoms with Crippen LogP contribution in [0.5, 0.6) is 5.88 Å². The molecule has 2 aromatic heterocycles. The number of fused-ring (bicyclic) bond motifs is 3. The van der Waals surface area contributed by atoms with Gasteiger partial charge in [0.25, 0.3) is 0 Å². The summed E-state index contributed by atoms with van der Waals surface area (Å²) in [5.41, 5.74) is 2.66. The third-order valence-electron chi connectivity index (χ3n) is 9.74. The molecular formula is C36H39ClFN9O2. The Labute approximate surface area is 290 Å². The summed E-state index contributed by atoms with van der Waals surface area (Å²) >= 11 is 6.87. The van der Waals surface area contributed by atoms with E-state index in [4.69, 9.17) is 21.3 Å². The molecule has 254 valence electrons. The second-order valence-corrected chi connectivity index (χ2v) is 13.6. The molecule has 2 aliphatic heterocycles. The lowest BCUT2D eigenvalue weighted by Crippen LogP contribution is -2.46. The van der Waals surface area contributed by atoms with Gasteiger partial charge in [-0.15, -0.1) is 5.10 Å². The largest absolute Gasteiger partial charge is 0.474 e. The maximum absolute atomic E-state index is 16.8. The van der Waals surface area contributed by atoms with Crippen LogP contribution >= 0.6 is 11.6 Å². The molecule has 49 heavy (non-hydrogen) atoms. The number of hydrogen-bond donors (Lipinski definition) is 0. The third kappa shape index (κ3) is 6.69. The SMILES string of the molecule is Cc1c(C#N)cccc1-c1c(Cl)cc2c(nc(OC[C@@H]3CCCN3C)c3nnn([C@H]4CCN(C(=O)/C=C/CN(C)C)[C@H](CC#N)C4)c32)c1F. The number of benzene rings is 2. The number of nitrogens with zero attached hydrogens (tertiary/aromatic N) is 9. The van der Waals surface area contributed by atoms with E-state index in [0.29, 0.717) is 65.6 Å². The number of ether oxygens (including phenoxy) is 1. The molecule has 2 aliphatic rings. The number of carbonyl (C=O) groups excluding carboxylic acids is 1. The van der Waals surface area contributed by atoms with Crippen molar-refractivity contribution in [2.75, 3.05) is 47.4 Å². The van der Waals surface area contributed by atoms with Crippen LogP contribution in [-0.2, 0) is 4.79 Å². The van der Waals surface area contributed by atoms with Crippen molar-refractivity contribution in [3.63, 3.8) is 0 Å². The predicted octanol–water partition coefficient (Wildman–Crippen LogP) is 5.66. The van der Waals surface area contributed by atoms with Crippen molar-refractivity contribution in [3.8, 4) is 29.1 Å². The summed E-state index contributed by atoms with van der Waals surface area (Å²) in [4.78, 5) is 23.8. The van der Waals surface area contributed by atoms with Crippen molar-refractivity contribution in [1.82, 2.24) is 34.7 Å². The number of halogens is 2. The lowest BCUT2D eigenvalue weighted by Gasteiger charge is -2.38. The molecule has 0 unspecified atom stereocenters. The number of pyridine rings is 1. The predicted molar refractivity (Wildman–Crippen MR) is 186 cm³/mol. The molecule has 4 heterocycles. The zero-order valence-corrected chi connectivity index (χ0v) is 28.9. The lowest BCUT2D eigenvalue weighted by atomic mass is 9.94. The van der Waals surface area contributed by atoms with Gasteiger partial charge in [0, 0.05) is 42.2 Å². The Kier molecular flexibility index (Phi) is 10.1. The number of amides is 1. The second-order valence-electron chi connectivity index (χ2n) is 13.2. The molecule has 0 radical (unpaired) electrons. The summed E-state index contributed by atoms with van der Waals surface area (Å²) in [7, 11) is 5.91. The van der Waals surface area contributed by atoms with Crippen LogP contribution in [-0.4, -0.2) is 100 Å². The molecule has 0 N–H and O–H groups in total. The number of piperidine rings is 1. The van der Waals surface area contributed by atoms with Crippen molar-refractivity contribution < 1.29 is 13.9 Å². The molecule has 4 aromatic rings. The van der Waals surface area contributed by atoms with Gasteiger partial charge < -0.3 is 19.4 Å². The maximum atomic E-state index is 16.8. The Morgan fingerprint density at radius 2 is 2.02 bits per heavy atom. The fourth-order valence-corrected chi connectivity index (χ4v) is 7.33. The molecule has 0 aliphatic carbocycles. The van der Waals surface area contributed by atoms with Crippen molar-refractivity contribution in [2.24, 2.45) is 0 Å². The van der Waals surface area contributed by atoms with Crippen LogP contribution in [0.15, 0.2) is 36.4 Å². The van der Waals surface area contributed by atoms with Crippen LogP contribution < -0.4 is 4.74 Å². The summed E-state index contributed by atoms with van der Waals surface area (Å²) in [6, 6.07) is 10.8. The van der Waals surface area contributed by atoms with E-state index in [1.54, 1.807) is 46.8 Å².